The average molecular weight is 154 g/mol. The van der Waals surface area contributed by atoms with E-state index in [0.717, 1.165) is 0 Å². The monoisotopic (exact) mass is 154 g/mol. The third kappa shape index (κ3) is 2.18. The molecule has 6 heteroatoms. The van der Waals surface area contributed by atoms with Crippen LogP contribution >= 0.6 is 0 Å². The Kier molecular flexibility index (Phi) is 2.34. The number of hydrogen-bond donors (Lipinski definition) is 2. The first-order valence-corrected chi connectivity index (χ1v) is 2.79. The van der Waals surface area contributed by atoms with E-state index in [1.165, 1.54) is 12.3 Å². The van der Waals surface area contributed by atoms with Crippen molar-refractivity contribution in [2.45, 2.75) is 0 Å². The highest BCUT2D eigenvalue weighted by molar-refractivity contribution is 5.68. The third-order valence-electron chi connectivity index (χ3n) is 0.863. The minimum atomic E-state index is -0.773. The lowest BCUT2D eigenvalue weighted by atomic mass is 10.6. The van der Waals surface area contributed by atoms with Gasteiger partial charge in [0.2, 0.25) is 5.88 Å². The van der Waals surface area contributed by atoms with Crippen LogP contribution in [0.15, 0.2) is 18.3 Å². The first-order chi connectivity index (χ1) is 5.33. The maximum absolute atomic E-state index is 10.5. The molecule has 0 fully saturated rings. The molecule has 3 N–H and O–H groups in total. The zero-order valence-electron chi connectivity index (χ0n) is 5.52. The molecule has 0 spiro atoms. The van der Waals surface area contributed by atoms with Gasteiger partial charge >= 0.3 is 6.09 Å². The van der Waals surface area contributed by atoms with Gasteiger partial charge in [0.25, 0.3) is 0 Å². The van der Waals surface area contributed by atoms with Crippen molar-refractivity contribution in [1.29, 1.82) is 0 Å². The average Bonchev–Trinajstić information content (AvgIpc) is 2.06. The highest BCUT2D eigenvalue weighted by Gasteiger charge is 2.00. The molecule has 0 saturated heterocycles. The van der Waals surface area contributed by atoms with Gasteiger partial charge < -0.3 is 4.74 Å². The summed E-state index contributed by atoms with van der Waals surface area (Å²) in [6.45, 7) is 0. The minimum Gasteiger partial charge on any atom is -0.389 e. The van der Waals surface area contributed by atoms with Crippen LogP contribution in [0.2, 0.25) is 0 Å². The van der Waals surface area contributed by atoms with Gasteiger partial charge in [-0.3, -0.25) is 5.43 Å². The zero-order valence-corrected chi connectivity index (χ0v) is 5.52. The maximum atomic E-state index is 10.5. The van der Waals surface area contributed by atoms with Gasteiger partial charge in [0.1, 0.15) is 0 Å². The first-order valence-electron chi connectivity index (χ1n) is 2.79. The number of ether oxygens (including phenoxy) is 1. The molecular weight excluding hydrogens is 148 g/mol. The number of hydrazine groups is 1. The number of nitrogens with one attached hydrogen (secondary N) is 1. The van der Waals surface area contributed by atoms with Gasteiger partial charge in [-0.1, -0.05) is 0 Å². The number of nitrogens with zero attached hydrogens (tertiary/aromatic N) is 2. The van der Waals surface area contributed by atoms with Crippen LogP contribution in [0, 0.1) is 0 Å². The molecule has 0 aliphatic rings. The number of carbonyl (C=O) groups is 1. The van der Waals surface area contributed by atoms with Crippen molar-refractivity contribution in [2.75, 3.05) is 0 Å². The lowest BCUT2D eigenvalue weighted by molar-refractivity contribution is 0.198. The molecule has 1 heterocycles. The molecule has 11 heavy (non-hydrogen) atoms. The van der Waals surface area contributed by atoms with Gasteiger partial charge in [-0.05, 0) is 6.07 Å². The van der Waals surface area contributed by atoms with E-state index < -0.39 is 6.09 Å². The Labute approximate surface area is 62.3 Å². The second kappa shape index (κ2) is 3.47. The van der Waals surface area contributed by atoms with Crippen LogP contribution in [0.5, 0.6) is 5.88 Å². The van der Waals surface area contributed by atoms with E-state index in [1.807, 2.05) is 0 Å². The van der Waals surface area contributed by atoms with Gasteiger partial charge in [-0.25, -0.2) is 10.6 Å². The topological polar surface area (TPSA) is 90.1 Å². The van der Waals surface area contributed by atoms with E-state index in [1.54, 1.807) is 11.5 Å². The van der Waals surface area contributed by atoms with E-state index in [-0.39, 0.29) is 5.88 Å². The van der Waals surface area contributed by atoms with Gasteiger partial charge in [-0.2, -0.15) is 5.10 Å². The molecule has 0 saturated carbocycles. The molecule has 1 amide bonds. The molecule has 0 atom stereocenters. The molecule has 1 aromatic heterocycles. The normalized spacial score (nSPS) is 8.82. The molecule has 1 rings (SSSR count). The summed E-state index contributed by atoms with van der Waals surface area (Å²) in [5.74, 6) is 4.85. The SMILES string of the molecule is NNC(=O)Oc1cccnn1. The van der Waals surface area contributed by atoms with Gasteiger partial charge in [-0.15, -0.1) is 5.10 Å². The molecule has 58 valence electrons. The number of rotatable bonds is 1. The predicted octanol–water partition coefficient (Wildman–Crippen LogP) is -0.561. The Morgan fingerprint density at radius 3 is 3.09 bits per heavy atom. The summed E-state index contributed by atoms with van der Waals surface area (Å²) in [6.07, 6.45) is 0.693. The maximum Gasteiger partial charge on any atom is 0.428 e. The number of carbonyl (C=O) groups excluding carboxylic acids is 1. The van der Waals surface area contributed by atoms with Gasteiger partial charge in [0, 0.05) is 12.3 Å². The van der Waals surface area contributed by atoms with Crippen molar-refractivity contribution in [1.82, 2.24) is 15.6 Å². The van der Waals surface area contributed by atoms with Crippen molar-refractivity contribution in [3.8, 4) is 5.88 Å². The third-order valence-corrected chi connectivity index (χ3v) is 0.863. The Hall–Kier alpha value is -1.69. The number of hydrogen-bond acceptors (Lipinski definition) is 5. The lowest BCUT2D eigenvalue weighted by Crippen LogP contribution is -2.33. The minimum absolute atomic E-state index is 0.107. The van der Waals surface area contributed by atoms with Crippen LogP contribution in [0.1, 0.15) is 0 Å². The number of aromatic nitrogens is 2. The summed E-state index contributed by atoms with van der Waals surface area (Å²) in [4.78, 5) is 10.5. The summed E-state index contributed by atoms with van der Waals surface area (Å²) in [5.41, 5.74) is 1.78. The molecule has 0 aliphatic heterocycles. The fourth-order valence-corrected chi connectivity index (χ4v) is 0.466. The standard InChI is InChI=1S/C5H6N4O2/c6-8-5(10)11-4-2-1-3-7-9-4/h1-3H,6H2,(H,8,10). The van der Waals surface area contributed by atoms with E-state index in [0.29, 0.717) is 0 Å². The van der Waals surface area contributed by atoms with Crippen LogP contribution in [0.3, 0.4) is 0 Å². The highest BCUT2D eigenvalue weighted by atomic mass is 16.6. The summed E-state index contributed by atoms with van der Waals surface area (Å²) < 4.78 is 4.51. The van der Waals surface area contributed by atoms with Crippen LogP contribution in [0.4, 0.5) is 4.79 Å². The quantitative estimate of drug-likeness (QED) is 0.321. The van der Waals surface area contributed by atoms with Gasteiger partial charge in [0.15, 0.2) is 0 Å². The van der Waals surface area contributed by atoms with E-state index in [9.17, 15) is 4.79 Å². The Bertz CT molecular complexity index is 237. The Balaban J connectivity index is 2.58. The predicted molar refractivity (Wildman–Crippen MR) is 35.4 cm³/mol. The lowest BCUT2D eigenvalue weighted by Gasteiger charge is -1.98. The molecule has 1 aromatic rings. The molecule has 0 radical (unpaired) electrons. The van der Waals surface area contributed by atoms with Crippen molar-refractivity contribution < 1.29 is 9.53 Å². The zero-order chi connectivity index (χ0) is 8.10. The number of nitrogens with two attached hydrogens (primary N) is 1. The van der Waals surface area contributed by atoms with Crippen molar-refractivity contribution >= 4 is 6.09 Å². The van der Waals surface area contributed by atoms with Crippen LogP contribution in [-0.4, -0.2) is 16.3 Å². The molecule has 0 aliphatic carbocycles. The summed E-state index contributed by atoms with van der Waals surface area (Å²) in [5, 5.41) is 6.95. The van der Waals surface area contributed by atoms with Crippen molar-refractivity contribution in [3.05, 3.63) is 18.3 Å². The number of amides is 1. The summed E-state index contributed by atoms with van der Waals surface area (Å²) in [7, 11) is 0. The second-order valence-corrected chi connectivity index (χ2v) is 1.60. The van der Waals surface area contributed by atoms with E-state index in [4.69, 9.17) is 5.84 Å². The van der Waals surface area contributed by atoms with Crippen molar-refractivity contribution in [2.24, 2.45) is 5.84 Å². The van der Waals surface area contributed by atoms with Crippen LogP contribution in [-0.2, 0) is 0 Å². The fourth-order valence-electron chi connectivity index (χ4n) is 0.466. The molecule has 0 bridgehead atoms. The Morgan fingerprint density at radius 1 is 1.73 bits per heavy atom. The highest BCUT2D eigenvalue weighted by Crippen LogP contribution is 2.00. The van der Waals surface area contributed by atoms with E-state index >= 15 is 0 Å². The molecule has 0 aromatic carbocycles. The van der Waals surface area contributed by atoms with Crippen LogP contribution in [0.25, 0.3) is 0 Å². The fraction of sp³-hybridized carbons (Fsp3) is 0. The summed E-state index contributed by atoms with van der Waals surface area (Å²) >= 11 is 0. The first kappa shape index (κ1) is 7.42. The van der Waals surface area contributed by atoms with E-state index in [2.05, 4.69) is 14.9 Å². The van der Waals surface area contributed by atoms with Crippen LogP contribution < -0.4 is 16.0 Å². The summed E-state index contributed by atoms with van der Waals surface area (Å²) in [6, 6.07) is 3.08. The second-order valence-electron chi connectivity index (χ2n) is 1.60. The van der Waals surface area contributed by atoms with Gasteiger partial charge in [0.05, 0.1) is 0 Å². The molecular formula is C5H6N4O2. The largest absolute Gasteiger partial charge is 0.428 e. The molecule has 6 nitrogen and oxygen atoms in total. The molecule has 0 unspecified atom stereocenters. The van der Waals surface area contributed by atoms with Crippen molar-refractivity contribution in [3.63, 3.8) is 0 Å². The Morgan fingerprint density at radius 2 is 2.55 bits per heavy atom. The smallest absolute Gasteiger partial charge is 0.389 e.